The molecule has 0 aliphatic carbocycles. The molecule has 1 N–H and O–H groups in total. The van der Waals surface area contributed by atoms with Crippen LogP contribution in [-0.4, -0.2) is 21.2 Å². The van der Waals surface area contributed by atoms with Crippen molar-refractivity contribution in [2.75, 3.05) is 0 Å². The summed E-state index contributed by atoms with van der Waals surface area (Å²) < 4.78 is 23.6. The van der Waals surface area contributed by atoms with Crippen LogP contribution in [0, 0.1) is 5.82 Å². The van der Waals surface area contributed by atoms with Crippen molar-refractivity contribution in [2.24, 2.45) is 0 Å². The van der Waals surface area contributed by atoms with E-state index in [-0.39, 0.29) is 6.61 Å². The molecular formula is C14H13FN2O4. The van der Waals surface area contributed by atoms with Crippen LogP contribution in [0.5, 0.6) is 5.75 Å². The highest BCUT2D eigenvalue weighted by Gasteiger charge is 2.08. The van der Waals surface area contributed by atoms with E-state index in [4.69, 9.17) is 14.4 Å². The summed E-state index contributed by atoms with van der Waals surface area (Å²) in [5.74, 6) is -0.429. The van der Waals surface area contributed by atoms with Crippen molar-refractivity contribution in [3.63, 3.8) is 0 Å². The van der Waals surface area contributed by atoms with Gasteiger partial charge in [-0.2, -0.15) is 4.98 Å². The van der Waals surface area contributed by atoms with Crippen molar-refractivity contribution in [3.8, 4) is 5.75 Å². The highest BCUT2D eigenvalue weighted by Crippen LogP contribution is 2.22. The Hall–Kier alpha value is -2.70. The Kier molecular flexibility index (Phi) is 4.65. The molecule has 0 bridgehead atoms. The first-order valence-corrected chi connectivity index (χ1v) is 6.23. The fourth-order valence-electron chi connectivity index (χ4n) is 1.57. The molecule has 1 aromatic carbocycles. The van der Waals surface area contributed by atoms with Gasteiger partial charge in [0.25, 0.3) is 5.89 Å². The highest BCUT2D eigenvalue weighted by molar-refractivity contribution is 5.85. The van der Waals surface area contributed by atoms with Gasteiger partial charge in [0, 0.05) is 18.1 Å². The minimum absolute atomic E-state index is 0.0204. The number of hydrogen-bond donors (Lipinski definition) is 1. The highest BCUT2D eigenvalue weighted by atomic mass is 19.1. The first kappa shape index (κ1) is 14.7. The molecule has 0 fully saturated rings. The van der Waals surface area contributed by atoms with Crippen molar-refractivity contribution in [3.05, 3.63) is 47.4 Å². The van der Waals surface area contributed by atoms with Gasteiger partial charge in [0.05, 0.1) is 0 Å². The zero-order chi connectivity index (χ0) is 15.2. The molecule has 0 saturated heterocycles. The number of carboxylic acid groups (broad SMARTS) is 1. The second-order valence-electron chi connectivity index (χ2n) is 4.10. The maximum atomic E-state index is 13.2. The lowest BCUT2D eigenvalue weighted by molar-refractivity contribution is -0.131. The van der Waals surface area contributed by atoms with Crippen molar-refractivity contribution < 1.29 is 23.6 Å². The van der Waals surface area contributed by atoms with Crippen LogP contribution in [0.4, 0.5) is 4.39 Å². The Balaban J connectivity index is 2.13. The molecule has 2 rings (SSSR count). The molecule has 0 saturated carbocycles. The Morgan fingerprint density at radius 1 is 1.52 bits per heavy atom. The van der Waals surface area contributed by atoms with E-state index in [9.17, 15) is 9.18 Å². The summed E-state index contributed by atoms with van der Waals surface area (Å²) in [7, 11) is 0. The monoisotopic (exact) mass is 292 g/mol. The molecule has 0 unspecified atom stereocenters. The van der Waals surface area contributed by atoms with Crippen molar-refractivity contribution in [2.45, 2.75) is 20.0 Å². The van der Waals surface area contributed by atoms with E-state index in [2.05, 4.69) is 10.1 Å². The van der Waals surface area contributed by atoms with Gasteiger partial charge in [0.1, 0.15) is 11.6 Å². The van der Waals surface area contributed by atoms with E-state index in [0.29, 0.717) is 29.4 Å². The summed E-state index contributed by atoms with van der Waals surface area (Å²) in [5, 5.41) is 12.3. The third-order valence-electron chi connectivity index (χ3n) is 2.55. The minimum Gasteiger partial charge on any atom is -0.483 e. The van der Waals surface area contributed by atoms with Crippen LogP contribution in [0.2, 0.25) is 0 Å². The number of carboxylic acids is 1. The number of aryl methyl sites for hydroxylation is 1. The molecule has 1 aromatic heterocycles. The number of benzene rings is 1. The second kappa shape index (κ2) is 6.65. The molecule has 0 atom stereocenters. The van der Waals surface area contributed by atoms with Crippen LogP contribution in [-0.2, 0) is 17.8 Å². The van der Waals surface area contributed by atoms with E-state index in [1.807, 2.05) is 6.92 Å². The SMILES string of the molecule is CCc1noc(COc2ccc(F)cc2/C=C/C(=O)O)n1. The predicted molar refractivity (Wildman–Crippen MR) is 71.1 cm³/mol. The normalized spacial score (nSPS) is 11.0. The molecule has 0 amide bonds. The average molecular weight is 292 g/mol. The number of ether oxygens (including phenoxy) is 1. The van der Waals surface area contributed by atoms with E-state index in [1.165, 1.54) is 24.3 Å². The maximum Gasteiger partial charge on any atom is 0.328 e. The lowest BCUT2D eigenvalue weighted by Crippen LogP contribution is -1.98. The summed E-state index contributed by atoms with van der Waals surface area (Å²) in [6, 6.07) is 3.81. The zero-order valence-corrected chi connectivity index (χ0v) is 11.2. The van der Waals surface area contributed by atoms with Gasteiger partial charge in [-0.3, -0.25) is 0 Å². The number of aromatic nitrogens is 2. The predicted octanol–water partition coefficient (Wildman–Crippen LogP) is 2.45. The molecule has 0 aliphatic rings. The summed E-state index contributed by atoms with van der Waals surface area (Å²) >= 11 is 0. The average Bonchev–Trinajstić information content (AvgIpc) is 2.92. The van der Waals surface area contributed by atoms with Gasteiger partial charge >= 0.3 is 5.97 Å². The smallest absolute Gasteiger partial charge is 0.328 e. The lowest BCUT2D eigenvalue weighted by atomic mass is 10.2. The number of aliphatic carboxylic acids is 1. The van der Waals surface area contributed by atoms with E-state index in [0.717, 1.165) is 6.08 Å². The number of nitrogens with zero attached hydrogens (tertiary/aromatic N) is 2. The van der Waals surface area contributed by atoms with Crippen molar-refractivity contribution in [1.82, 2.24) is 10.1 Å². The number of rotatable bonds is 6. The molecule has 0 radical (unpaired) electrons. The van der Waals surface area contributed by atoms with Gasteiger partial charge in [-0.1, -0.05) is 12.1 Å². The Labute approximate surface area is 119 Å². The number of carbonyl (C=O) groups is 1. The van der Waals surface area contributed by atoms with Gasteiger partial charge < -0.3 is 14.4 Å². The van der Waals surface area contributed by atoms with Crippen molar-refractivity contribution in [1.29, 1.82) is 0 Å². The van der Waals surface area contributed by atoms with Crippen LogP contribution >= 0.6 is 0 Å². The van der Waals surface area contributed by atoms with Gasteiger partial charge in [0.2, 0.25) is 0 Å². The van der Waals surface area contributed by atoms with Crippen LogP contribution in [0.1, 0.15) is 24.2 Å². The molecule has 0 aliphatic heterocycles. The molecule has 7 heteroatoms. The van der Waals surface area contributed by atoms with Gasteiger partial charge in [-0.15, -0.1) is 0 Å². The first-order valence-electron chi connectivity index (χ1n) is 6.23. The number of halogens is 1. The fourth-order valence-corrected chi connectivity index (χ4v) is 1.57. The second-order valence-corrected chi connectivity index (χ2v) is 4.10. The third-order valence-corrected chi connectivity index (χ3v) is 2.55. The van der Waals surface area contributed by atoms with Crippen LogP contribution in [0.3, 0.4) is 0 Å². The lowest BCUT2D eigenvalue weighted by Gasteiger charge is -2.07. The minimum atomic E-state index is -1.13. The first-order chi connectivity index (χ1) is 10.1. The Morgan fingerprint density at radius 2 is 2.33 bits per heavy atom. The standard InChI is InChI=1S/C14H13FN2O4/c1-2-12-16-13(21-17-12)8-20-11-5-4-10(15)7-9(11)3-6-14(18)19/h3-7H,2,8H2,1H3,(H,18,19)/b6-3+. The summed E-state index contributed by atoms with van der Waals surface area (Å²) in [6.45, 7) is 1.91. The van der Waals surface area contributed by atoms with E-state index >= 15 is 0 Å². The zero-order valence-electron chi connectivity index (χ0n) is 11.2. The summed E-state index contributed by atoms with van der Waals surface area (Å²) in [5.41, 5.74) is 0.313. The van der Waals surface area contributed by atoms with Crippen LogP contribution < -0.4 is 4.74 Å². The molecular weight excluding hydrogens is 279 g/mol. The summed E-state index contributed by atoms with van der Waals surface area (Å²) in [4.78, 5) is 14.6. The van der Waals surface area contributed by atoms with Gasteiger partial charge in [0.15, 0.2) is 12.4 Å². The molecule has 21 heavy (non-hydrogen) atoms. The van der Waals surface area contributed by atoms with Crippen LogP contribution in [0.25, 0.3) is 6.08 Å². The molecule has 1 heterocycles. The maximum absolute atomic E-state index is 13.2. The number of hydrogen-bond acceptors (Lipinski definition) is 5. The largest absolute Gasteiger partial charge is 0.483 e. The van der Waals surface area contributed by atoms with Gasteiger partial charge in [-0.05, 0) is 24.3 Å². The molecule has 2 aromatic rings. The Bertz CT molecular complexity index is 667. The Morgan fingerprint density at radius 3 is 3.00 bits per heavy atom. The van der Waals surface area contributed by atoms with Crippen molar-refractivity contribution >= 4 is 12.0 Å². The van der Waals surface area contributed by atoms with E-state index in [1.54, 1.807) is 0 Å². The van der Waals surface area contributed by atoms with Crippen LogP contribution in [0.15, 0.2) is 28.8 Å². The van der Waals surface area contributed by atoms with Gasteiger partial charge in [-0.25, -0.2) is 9.18 Å². The topological polar surface area (TPSA) is 85.5 Å². The third kappa shape index (κ3) is 4.13. The fraction of sp³-hybridized carbons (Fsp3) is 0.214. The quantitative estimate of drug-likeness (QED) is 0.823. The van der Waals surface area contributed by atoms with E-state index < -0.39 is 11.8 Å². The molecule has 0 spiro atoms. The molecule has 6 nitrogen and oxygen atoms in total. The molecule has 110 valence electrons. The summed E-state index contributed by atoms with van der Waals surface area (Å²) in [6.07, 6.45) is 2.81.